The summed E-state index contributed by atoms with van der Waals surface area (Å²) >= 11 is 0. The largest absolute Gasteiger partial charge is 0.378 e. The Morgan fingerprint density at radius 2 is 1.91 bits per heavy atom. The van der Waals surface area contributed by atoms with Gasteiger partial charge in [-0.25, -0.2) is 19.9 Å². The summed E-state index contributed by atoms with van der Waals surface area (Å²) in [5.41, 5.74) is 5.12. The van der Waals surface area contributed by atoms with Crippen LogP contribution in [0.15, 0.2) is 42.9 Å². The molecule has 9 nitrogen and oxygen atoms in total. The average molecular weight is 446 g/mol. The van der Waals surface area contributed by atoms with Gasteiger partial charge >= 0.3 is 0 Å². The highest BCUT2D eigenvalue weighted by atomic mass is 16.5. The summed E-state index contributed by atoms with van der Waals surface area (Å²) in [5, 5.41) is 3.34. The van der Waals surface area contributed by atoms with Gasteiger partial charge in [-0.1, -0.05) is 0 Å². The number of hydrogen-bond acceptors (Lipinski definition) is 9. The molecule has 9 heteroatoms. The Morgan fingerprint density at radius 3 is 2.64 bits per heavy atom. The molecule has 3 aromatic rings. The Balaban J connectivity index is 1.17. The van der Waals surface area contributed by atoms with Crippen molar-refractivity contribution < 1.29 is 9.47 Å². The molecule has 5 heterocycles. The zero-order valence-corrected chi connectivity index (χ0v) is 18.6. The maximum atomic E-state index is 5.74. The molecule has 2 aromatic heterocycles. The average Bonchev–Trinajstić information content (AvgIpc) is 3.49. The number of nitrogens with one attached hydrogen (secondary N) is 1. The predicted molar refractivity (Wildman–Crippen MR) is 126 cm³/mol. The van der Waals surface area contributed by atoms with Crippen molar-refractivity contribution >= 4 is 23.3 Å². The highest BCUT2D eigenvalue weighted by Crippen LogP contribution is 2.35. The highest BCUT2D eigenvalue weighted by Gasteiger charge is 2.39. The molecule has 170 valence electrons. The molecule has 0 saturated carbocycles. The minimum atomic E-state index is 0.384. The number of rotatable bonds is 5. The fraction of sp³-hybridized carbons (Fsp3) is 0.417. The third-order valence-electron chi connectivity index (χ3n) is 6.55. The molecule has 0 amide bonds. The summed E-state index contributed by atoms with van der Waals surface area (Å²) in [7, 11) is 0. The molecule has 0 aliphatic carbocycles. The van der Waals surface area contributed by atoms with Crippen LogP contribution >= 0.6 is 0 Å². The van der Waals surface area contributed by atoms with Crippen molar-refractivity contribution in [1.29, 1.82) is 0 Å². The Kier molecular flexibility index (Phi) is 5.27. The topological polar surface area (TPSA) is 88.5 Å². The van der Waals surface area contributed by atoms with Crippen LogP contribution in [-0.4, -0.2) is 71.5 Å². The van der Waals surface area contributed by atoms with Gasteiger partial charge in [-0.2, -0.15) is 0 Å². The van der Waals surface area contributed by atoms with Gasteiger partial charge in [-0.3, -0.25) is 0 Å². The van der Waals surface area contributed by atoms with E-state index in [1.807, 2.05) is 18.5 Å². The first-order valence-electron chi connectivity index (χ1n) is 11.5. The van der Waals surface area contributed by atoms with E-state index in [0.717, 1.165) is 55.6 Å². The van der Waals surface area contributed by atoms with E-state index in [2.05, 4.69) is 60.2 Å². The Morgan fingerprint density at radius 1 is 1.06 bits per heavy atom. The number of morpholine rings is 2. The smallest absolute Gasteiger partial charge is 0.227 e. The fourth-order valence-corrected chi connectivity index (χ4v) is 4.84. The minimum absolute atomic E-state index is 0.384. The molecule has 33 heavy (non-hydrogen) atoms. The normalized spacial score (nSPS) is 22.1. The van der Waals surface area contributed by atoms with Gasteiger partial charge in [0.1, 0.15) is 0 Å². The molecular formula is C24H27N7O2. The van der Waals surface area contributed by atoms with Crippen molar-refractivity contribution in [2.75, 3.05) is 54.6 Å². The molecule has 3 fully saturated rings. The van der Waals surface area contributed by atoms with Crippen LogP contribution in [0.4, 0.5) is 23.3 Å². The van der Waals surface area contributed by atoms with E-state index in [4.69, 9.17) is 9.47 Å². The predicted octanol–water partition coefficient (Wildman–Crippen LogP) is 2.80. The summed E-state index contributed by atoms with van der Waals surface area (Å²) in [4.78, 5) is 22.8. The number of aryl methyl sites for hydroxylation is 1. The number of aromatic nitrogens is 4. The summed E-state index contributed by atoms with van der Waals surface area (Å²) in [6, 6.07) is 8.80. The van der Waals surface area contributed by atoms with Crippen molar-refractivity contribution in [2.45, 2.75) is 25.5 Å². The van der Waals surface area contributed by atoms with Crippen molar-refractivity contribution in [1.82, 2.24) is 19.9 Å². The summed E-state index contributed by atoms with van der Waals surface area (Å²) in [5.74, 6) is 1.27. The molecule has 0 spiro atoms. The number of fused-ring (bicyclic) bond motifs is 2. The van der Waals surface area contributed by atoms with Crippen LogP contribution in [0.3, 0.4) is 0 Å². The molecule has 2 atom stereocenters. The maximum Gasteiger partial charge on any atom is 0.227 e. The van der Waals surface area contributed by atoms with Crippen LogP contribution in [0.5, 0.6) is 0 Å². The number of hydrogen-bond donors (Lipinski definition) is 1. The van der Waals surface area contributed by atoms with Gasteiger partial charge in [-0.15, -0.1) is 0 Å². The first-order chi connectivity index (χ1) is 16.2. The van der Waals surface area contributed by atoms with Crippen molar-refractivity contribution in [2.24, 2.45) is 0 Å². The zero-order chi connectivity index (χ0) is 22.2. The Labute approximate surface area is 192 Å². The number of benzene rings is 1. The highest BCUT2D eigenvalue weighted by molar-refractivity contribution is 5.66. The quantitative estimate of drug-likeness (QED) is 0.637. The van der Waals surface area contributed by atoms with Gasteiger partial charge < -0.3 is 24.6 Å². The SMILES string of the molecule is Cc1cc(Nc2nccc(-c3cnc(N4CCOCC4)nc3)n2)ccc1N1C[C@@H]2C[C@H]1CO2. The maximum absolute atomic E-state index is 5.74. The molecule has 1 N–H and O–H groups in total. The standard InChI is InChI=1S/C24H27N7O2/c1-16-10-18(2-3-22(16)31-14-20-11-19(31)15-33-20)28-23-25-5-4-21(29-23)17-12-26-24(27-13-17)30-6-8-32-9-7-30/h2-5,10,12-13,19-20H,6-9,11,14-15H2,1H3,(H,25,28,29)/t19-,20-/m0/s1. The molecule has 0 unspecified atom stereocenters. The monoisotopic (exact) mass is 445 g/mol. The molecular weight excluding hydrogens is 418 g/mol. The Bertz CT molecular complexity index is 1130. The summed E-state index contributed by atoms with van der Waals surface area (Å²) < 4.78 is 11.1. The van der Waals surface area contributed by atoms with Gasteiger partial charge in [0, 0.05) is 55.2 Å². The fourth-order valence-electron chi connectivity index (χ4n) is 4.84. The van der Waals surface area contributed by atoms with E-state index in [-0.39, 0.29) is 0 Å². The van der Waals surface area contributed by atoms with E-state index in [1.165, 1.54) is 11.3 Å². The molecule has 0 radical (unpaired) electrons. The minimum Gasteiger partial charge on any atom is -0.378 e. The lowest BCUT2D eigenvalue weighted by Gasteiger charge is -2.30. The van der Waals surface area contributed by atoms with Crippen LogP contribution in [0.1, 0.15) is 12.0 Å². The molecule has 3 saturated heterocycles. The van der Waals surface area contributed by atoms with E-state index < -0.39 is 0 Å². The first kappa shape index (κ1) is 20.3. The lowest BCUT2D eigenvalue weighted by molar-refractivity contribution is 0.0991. The van der Waals surface area contributed by atoms with E-state index in [0.29, 0.717) is 31.3 Å². The Hall–Kier alpha value is -3.30. The molecule has 2 bridgehead atoms. The summed E-state index contributed by atoms with van der Waals surface area (Å²) in [6.45, 7) is 7.01. The van der Waals surface area contributed by atoms with E-state index in [1.54, 1.807) is 6.20 Å². The molecule has 3 aliphatic heterocycles. The number of anilines is 4. The van der Waals surface area contributed by atoms with Gasteiger partial charge in [-0.05, 0) is 43.2 Å². The lowest BCUT2D eigenvalue weighted by atomic mass is 10.1. The van der Waals surface area contributed by atoms with Crippen LogP contribution < -0.4 is 15.1 Å². The van der Waals surface area contributed by atoms with Gasteiger partial charge in [0.2, 0.25) is 11.9 Å². The van der Waals surface area contributed by atoms with E-state index >= 15 is 0 Å². The summed E-state index contributed by atoms with van der Waals surface area (Å²) in [6.07, 6.45) is 6.90. The van der Waals surface area contributed by atoms with Crippen molar-refractivity contribution in [3.8, 4) is 11.3 Å². The van der Waals surface area contributed by atoms with Crippen molar-refractivity contribution in [3.05, 3.63) is 48.4 Å². The van der Waals surface area contributed by atoms with Crippen LogP contribution in [0.2, 0.25) is 0 Å². The van der Waals surface area contributed by atoms with Crippen LogP contribution in [0.25, 0.3) is 11.3 Å². The molecule has 6 rings (SSSR count). The second-order valence-corrected chi connectivity index (χ2v) is 8.76. The van der Waals surface area contributed by atoms with Gasteiger partial charge in [0.05, 0.1) is 37.7 Å². The van der Waals surface area contributed by atoms with E-state index in [9.17, 15) is 0 Å². The zero-order valence-electron chi connectivity index (χ0n) is 18.6. The second kappa shape index (κ2) is 8.57. The third kappa shape index (κ3) is 4.09. The number of nitrogens with zero attached hydrogens (tertiary/aromatic N) is 6. The van der Waals surface area contributed by atoms with Crippen molar-refractivity contribution in [3.63, 3.8) is 0 Å². The first-order valence-corrected chi connectivity index (χ1v) is 11.5. The third-order valence-corrected chi connectivity index (χ3v) is 6.55. The van der Waals surface area contributed by atoms with Crippen LogP contribution in [-0.2, 0) is 9.47 Å². The number of ether oxygens (including phenoxy) is 2. The van der Waals surface area contributed by atoms with Gasteiger partial charge in [0.15, 0.2) is 0 Å². The molecule has 1 aromatic carbocycles. The molecule has 3 aliphatic rings. The van der Waals surface area contributed by atoms with Crippen LogP contribution in [0, 0.1) is 6.92 Å². The second-order valence-electron chi connectivity index (χ2n) is 8.76. The van der Waals surface area contributed by atoms with Gasteiger partial charge in [0.25, 0.3) is 0 Å². The lowest BCUT2D eigenvalue weighted by Crippen LogP contribution is -2.37.